The van der Waals surface area contributed by atoms with Crippen LogP contribution in [0.25, 0.3) is 0 Å². The van der Waals surface area contributed by atoms with Gasteiger partial charge in [-0.05, 0) is 54.7 Å². The molecule has 0 heterocycles. The van der Waals surface area contributed by atoms with Crippen LogP contribution in [0.4, 0.5) is 0 Å². The first-order valence-electron chi connectivity index (χ1n) is 8.10. The molecule has 0 radical (unpaired) electrons. The molecule has 1 aliphatic rings. The van der Waals surface area contributed by atoms with E-state index in [4.69, 9.17) is 10.6 Å². The molecule has 2 atom stereocenters. The van der Waals surface area contributed by atoms with Crippen molar-refractivity contribution in [1.82, 2.24) is 5.43 Å². The predicted molar refractivity (Wildman–Crippen MR) is 88.0 cm³/mol. The number of benzene rings is 1. The molecule has 118 valence electrons. The van der Waals surface area contributed by atoms with Crippen LogP contribution in [-0.4, -0.2) is 6.10 Å². The van der Waals surface area contributed by atoms with Gasteiger partial charge in [-0.2, -0.15) is 0 Å². The van der Waals surface area contributed by atoms with Gasteiger partial charge in [-0.15, -0.1) is 0 Å². The molecule has 1 aromatic rings. The van der Waals surface area contributed by atoms with Crippen molar-refractivity contribution in [2.45, 2.75) is 65.5 Å². The first-order chi connectivity index (χ1) is 9.87. The SMILES string of the molecule is CC(CC(NN)c1cccc(OC2CC2)c1)CC(C)(C)C. The fourth-order valence-corrected chi connectivity index (χ4v) is 3.01. The normalized spacial score (nSPS) is 18.3. The Morgan fingerprint density at radius 1 is 1.33 bits per heavy atom. The minimum absolute atomic E-state index is 0.185. The van der Waals surface area contributed by atoms with E-state index in [1.54, 1.807) is 0 Å². The van der Waals surface area contributed by atoms with Crippen molar-refractivity contribution in [3.05, 3.63) is 29.8 Å². The third-order valence-corrected chi connectivity index (χ3v) is 3.89. The van der Waals surface area contributed by atoms with Gasteiger partial charge in [0.2, 0.25) is 0 Å². The lowest BCUT2D eigenvalue weighted by atomic mass is 9.82. The van der Waals surface area contributed by atoms with Gasteiger partial charge in [0.15, 0.2) is 0 Å². The average molecular weight is 290 g/mol. The third kappa shape index (κ3) is 5.68. The number of nitrogens with two attached hydrogens (primary N) is 1. The third-order valence-electron chi connectivity index (χ3n) is 3.89. The summed E-state index contributed by atoms with van der Waals surface area (Å²) >= 11 is 0. The molecule has 3 heteroatoms. The van der Waals surface area contributed by atoms with Crippen LogP contribution in [0.5, 0.6) is 5.75 Å². The first-order valence-corrected chi connectivity index (χ1v) is 8.10. The molecule has 3 nitrogen and oxygen atoms in total. The van der Waals surface area contributed by atoms with Crippen molar-refractivity contribution < 1.29 is 4.74 Å². The maximum absolute atomic E-state index is 5.88. The minimum Gasteiger partial charge on any atom is -0.490 e. The van der Waals surface area contributed by atoms with Crippen molar-refractivity contribution in [3.8, 4) is 5.75 Å². The fraction of sp³-hybridized carbons (Fsp3) is 0.667. The van der Waals surface area contributed by atoms with Crippen molar-refractivity contribution in [2.24, 2.45) is 17.2 Å². The van der Waals surface area contributed by atoms with Crippen LogP contribution < -0.4 is 16.0 Å². The molecule has 1 aliphatic carbocycles. The van der Waals surface area contributed by atoms with E-state index in [9.17, 15) is 0 Å². The average Bonchev–Trinajstić information content (AvgIpc) is 3.18. The lowest BCUT2D eigenvalue weighted by Crippen LogP contribution is -2.30. The van der Waals surface area contributed by atoms with Gasteiger partial charge in [-0.25, -0.2) is 0 Å². The highest BCUT2D eigenvalue weighted by Gasteiger charge is 2.24. The largest absolute Gasteiger partial charge is 0.490 e. The first kappa shape index (κ1) is 16.3. The number of hydrogen-bond donors (Lipinski definition) is 2. The standard InChI is InChI=1S/C18H30N2O/c1-13(12-18(2,3)4)10-17(20-19)14-6-5-7-16(11-14)21-15-8-9-15/h5-7,11,13,15,17,20H,8-10,12,19H2,1-4H3. The molecule has 0 bridgehead atoms. The molecule has 0 spiro atoms. The van der Waals surface area contributed by atoms with E-state index in [-0.39, 0.29) is 6.04 Å². The Bertz CT molecular complexity index is 449. The minimum atomic E-state index is 0.185. The van der Waals surface area contributed by atoms with Gasteiger partial charge < -0.3 is 4.74 Å². The van der Waals surface area contributed by atoms with Crippen LogP contribution in [0.1, 0.15) is 65.0 Å². The van der Waals surface area contributed by atoms with Crippen molar-refractivity contribution >= 4 is 0 Å². The highest BCUT2D eigenvalue weighted by Crippen LogP contribution is 2.32. The molecule has 1 aromatic carbocycles. The van der Waals surface area contributed by atoms with Gasteiger partial charge in [0, 0.05) is 6.04 Å². The monoisotopic (exact) mass is 290 g/mol. The molecule has 2 rings (SSSR count). The molecule has 0 amide bonds. The molecule has 0 aromatic heterocycles. The van der Waals surface area contributed by atoms with E-state index in [1.165, 1.54) is 24.8 Å². The smallest absolute Gasteiger partial charge is 0.120 e. The summed E-state index contributed by atoms with van der Waals surface area (Å²) in [6, 6.07) is 8.55. The van der Waals surface area contributed by atoms with Gasteiger partial charge in [0.25, 0.3) is 0 Å². The number of nitrogens with one attached hydrogen (secondary N) is 1. The molecule has 3 N–H and O–H groups in total. The topological polar surface area (TPSA) is 47.3 Å². The number of hydrazine groups is 1. The zero-order chi connectivity index (χ0) is 15.5. The summed E-state index contributed by atoms with van der Waals surface area (Å²) in [5.74, 6) is 7.38. The van der Waals surface area contributed by atoms with E-state index < -0.39 is 0 Å². The lowest BCUT2D eigenvalue weighted by molar-refractivity contribution is 0.275. The van der Waals surface area contributed by atoms with Gasteiger partial charge >= 0.3 is 0 Å². The van der Waals surface area contributed by atoms with E-state index in [0.29, 0.717) is 17.4 Å². The van der Waals surface area contributed by atoms with Crippen molar-refractivity contribution in [2.75, 3.05) is 0 Å². The molecular weight excluding hydrogens is 260 g/mol. The Labute approximate surface area is 129 Å². The van der Waals surface area contributed by atoms with E-state index in [1.807, 2.05) is 6.07 Å². The molecular formula is C18H30N2O. The second kappa shape index (κ2) is 6.80. The van der Waals surface area contributed by atoms with Crippen LogP contribution in [0, 0.1) is 11.3 Å². The zero-order valence-electron chi connectivity index (χ0n) is 13.9. The Balaban J connectivity index is 1.99. The van der Waals surface area contributed by atoms with Gasteiger partial charge in [0.1, 0.15) is 5.75 Å². The van der Waals surface area contributed by atoms with Crippen LogP contribution in [0.15, 0.2) is 24.3 Å². The second-order valence-corrected chi connectivity index (χ2v) is 7.71. The Kier molecular flexibility index (Phi) is 5.28. The summed E-state index contributed by atoms with van der Waals surface area (Å²) in [5, 5.41) is 0. The summed E-state index contributed by atoms with van der Waals surface area (Å²) in [6.07, 6.45) is 5.05. The van der Waals surface area contributed by atoms with Gasteiger partial charge in [-0.1, -0.05) is 39.8 Å². The quantitative estimate of drug-likeness (QED) is 0.584. The maximum atomic E-state index is 5.88. The molecule has 1 fully saturated rings. The van der Waals surface area contributed by atoms with Gasteiger partial charge in [0.05, 0.1) is 6.10 Å². The summed E-state index contributed by atoms with van der Waals surface area (Å²) in [5.41, 5.74) is 4.55. The Morgan fingerprint density at radius 3 is 2.62 bits per heavy atom. The van der Waals surface area contributed by atoms with Crippen LogP contribution in [-0.2, 0) is 0 Å². The highest BCUT2D eigenvalue weighted by molar-refractivity contribution is 5.31. The van der Waals surface area contributed by atoms with Crippen LogP contribution in [0.3, 0.4) is 0 Å². The summed E-state index contributed by atoms with van der Waals surface area (Å²) in [6.45, 7) is 9.18. The molecule has 0 aliphatic heterocycles. The number of ether oxygens (including phenoxy) is 1. The number of rotatable bonds is 7. The predicted octanol–water partition coefficient (Wildman–Crippen LogP) is 4.19. The van der Waals surface area contributed by atoms with Crippen molar-refractivity contribution in [1.29, 1.82) is 0 Å². The van der Waals surface area contributed by atoms with E-state index >= 15 is 0 Å². The molecule has 0 saturated heterocycles. The van der Waals surface area contributed by atoms with Crippen molar-refractivity contribution in [3.63, 3.8) is 0 Å². The highest BCUT2D eigenvalue weighted by atomic mass is 16.5. The zero-order valence-corrected chi connectivity index (χ0v) is 13.9. The fourth-order valence-electron chi connectivity index (χ4n) is 3.01. The summed E-state index contributed by atoms with van der Waals surface area (Å²) in [7, 11) is 0. The second-order valence-electron chi connectivity index (χ2n) is 7.71. The molecule has 1 saturated carbocycles. The summed E-state index contributed by atoms with van der Waals surface area (Å²) in [4.78, 5) is 0. The molecule has 21 heavy (non-hydrogen) atoms. The Morgan fingerprint density at radius 2 is 2.05 bits per heavy atom. The molecule has 2 unspecified atom stereocenters. The number of hydrogen-bond acceptors (Lipinski definition) is 3. The van der Waals surface area contributed by atoms with Crippen LogP contribution in [0.2, 0.25) is 0 Å². The van der Waals surface area contributed by atoms with E-state index in [2.05, 4.69) is 51.3 Å². The van der Waals surface area contributed by atoms with Crippen LogP contribution >= 0.6 is 0 Å². The maximum Gasteiger partial charge on any atom is 0.120 e. The summed E-state index contributed by atoms with van der Waals surface area (Å²) < 4.78 is 5.88. The Hall–Kier alpha value is -1.06. The van der Waals surface area contributed by atoms with E-state index in [0.717, 1.165) is 12.2 Å². The lowest BCUT2D eigenvalue weighted by Gasteiger charge is -2.26. The van der Waals surface area contributed by atoms with Gasteiger partial charge in [-0.3, -0.25) is 11.3 Å².